The number of hydrogen-bond acceptors (Lipinski definition) is 9. The van der Waals surface area contributed by atoms with E-state index in [4.69, 9.17) is 24.3 Å². The molecule has 2 heterocycles. The van der Waals surface area contributed by atoms with Gasteiger partial charge in [0, 0.05) is 0 Å². The first-order valence-electron chi connectivity index (χ1n) is 10.6. The predicted octanol–water partition coefficient (Wildman–Crippen LogP) is 2.47. The fourth-order valence-electron chi connectivity index (χ4n) is 3.51. The molecule has 0 aliphatic carbocycles. The van der Waals surface area contributed by atoms with E-state index in [0.717, 1.165) is 16.6 Å². The van der Waals surface area contributed by atoms with Crippen LogP contribution in [-0.2, 0) is 29.7 Å². The number of nitrogens with two attached hydrogens (primary N) is 1. The quantitative estimate of drug-likeness (QED) is 0.416. The number of aromatic nitrogens is 3. The first kappa shape index (κ1) is 26.3. The molecule has 1 aromatic heterocycles. The van der Waals surface area contributed by atoms with Crippen molar-refractivity contribution in [3.8, 4) is 0 Å². The molecule has 0 spiro atoms. The Bertz CT molecular complexity index is 1000. The van der Waals surface area contributed by atoms with Crippen molar-refractivity contribution in [1.29, 1.82) is 0 Å². The highest BCUT2D eigenvalue weighted by atomic mass is 31.2. The van der Waals surface area contributed by atoms with Gasteiger partial charge in [-0.1, -0.05) is 30.3 Å². The molecule has 188 valence electrons. The van der Waals surface area contributed by atoms with Gasteiger partial charge in [-0.15, -0.1) is 5.10 Å². The number of primary amides is 1. The van der Waals surface area contributed by atoms with Crippen LogP contribution in [-0.4, -0.2) is 63.0 Å². The van der Waals surface area contributed by atoms with Gasteiger partial charge >= 0.3 is 13.3 Å². The van der Waals surface area contributed by atoms with E-state index in [-0.39, 0.29) is 25.6 Å². The summed E-state index contributed by atoms with van der Waals surface area (Å²) in [6.45, 7) is 2.30. The topological polar surface area (TPSA) is 148 Å². The van der Waals surface area contributed by atoms with Crippen molar-refractivity contribution in [1.82, 2.24) is 14.8 Å². The molecule has 0 bridgehead atoms. The summed E-state index contributed by atoms with van der Waals surface area (Å²) in [6.07, 6.45) is -5.56. The van der Waals surface area contributed by atoms with Crippen molar-refractivity contribution < 1.29 is 41.8 Å². The fourth-order valence-corrected chi connectivity index (χ4v) is 5.04. The van der Waals surface area contributed by atoms with Gasteiger partial charge in [0.2, 0.25) is 5.82 Å². The molecule has 2 aromatic rings. The summed E-state index contributed by atoms with van der Waals surface area (Å²) in [7, 11) is -4.85. The standard InChI is InChI=1S/C20H27F2N4O7P/c1-3-31-34(29,32-4-2)20(21,22)10-14-16(30-11-13-8-6-5-7-9-13)15(27)19(33-14)26-12-24-18(25-26)17(23)28/h5-9,12,14-16,19,27H,3-4,10-11H2,1-2H3,(H2,23,28)/t14-,15-,16-,19?/m1/s1. The van der Waals surface area contributed by atoms with E-state index in [1.54, 1.807) is 30.3 Å². The Morgan fingerprint density at radius 1 is 1.26 bits per heavy atom. The number of rotatable bonds is 12. The molecule has 1 aromatic carbocycles. The Kier molecular flexibility index (Phi) is 8.50. The van der Waals surface area contributed by atoms with Gasteiger partial charge in [0.05, 0.1) is 32.3 Å². The molecule has 1 amide bonds. The number of halogens is 2. The van der Waals surface area contributed by atoms with Gasteiger partial charge in [-0.2, -0.15) is 8.78 Å². The molecule has 14 heteroatoms. The van der Waals surface area contributed by atoms with Crippen LogP contribution in [0.4, 0.5) is 8.78 Å². The largest absolute Gasteiger partial charge is 0.399 e. The van der Waals surface area contributed by atoms with Crippen molar-refractivity contribution in [2.75, 3.05) is 13.2 Å². The van der Waals surface area contributed by atoms with Gasteiger partial charge in [0.1, 0.15) is 18.5 Å². The summed E-state index contributed by atoms with van der Waals surface area (Å²) in [6, 6.07) is 8.87. The zero-order valence-corrected chi connectivity index (χ0v) is 19.5. The second kappa shape index (κ2) is 11.0. The number of alkyl halides is 2. The molecule has 0 saturated carbocycles. The lowest BCUT2D eigenvalue weighted by Crippen LogP contribution is -2.38. The van der Waals surface area contributed by atoms with Crippen molar-refractivity contribution >= 4 is 13.5 Å². The fraction of sp³-hybridized carbons (Fsp3) is 0.550. The monoisotopic (exact) mass is 504 g/mol. The first-order chi connectivity index (χ1) is 16.1. The minimum absolute atomic E-state index is 0.0147. The predicted molar refractivity (Wildman–Crippen MR) is 114 cm³/mol. The second-order valence-corrected chi connectivity index (χ2v) is 9.60. The van der Waals surface area contributed by atoms with Crippen LogP contribution in [0.5, 0.6) is 0 Å². The Hall–Kier alpha value is -2.28. The van der Waals surface area contributed by atoms with Crippen LogP contribution in [0.15, 0.2) is 36.7 Å². The third-order valence-electron chi connectivity index (χ3n) is 5.03. The highest BCUT2D eigenvalue weighted by molar-refractivity contribution is 7.55. The average Bonchev–Trinajstić information content (AvgIpc) is 3.38. The lowest BCUT2D eigenvalue weighted by Gasteiger charge is -2.29. The number of ether oxygens (including phenoxy) is 2. The van der Waals surface area contributed by atoms with Crippen LogP contribution in [0.1, 0.15) is 42.7 Å². The van der Waals surface area contributed by atoms with E-state index in [1.165, 1.54) is 13.8 Å². The summed E-state index contributed by atoms with van der Waals surface area (Å²) in [5.41, 5.74) is 1.93. The number of carbonyl (C=O) groups is 1. The lowest BCUT2D eigenvalue weighted by molar-refractivity contribution is -0.0857. The van der Waals surface area contributed by atoms with Crippen LogP contribution in [0.25, 0.3) is 0 Å². The average molecular weight is 504 g/mol. The van der Waals surface area contributed by atoms with E-state index in [0.29, 0.717) is 0 Å². The maximum atomic E-state index is 15.2. The highest BCUT2D eigenvalue weighted by Crippen LogP contribution is 2.64. The SMILES string of the molecule is CCOP(=O)(OCC)C(F)(F)C[C@H]1OC(n2cnc(C(N)=O)n2)[C@H](O)[C@@H]1OCc1ccccc1. The zero-order valence-electron chi connectivity index (χ0n) is 18.6. The highest BCUT2D eigenvalue weighted by Gasteiger charge is 2.58. The van der Waals surface area contributed by atoms with E-state index in [9.17, 15) is 14.5 Å². The number of aliphatic hydroxyl groups is 1. The molecular formula is C20H27F2N4O7P. The summed E-state index contributed by atoms with van der Waals surface area (Å²) >= 11 is 0. The Labute approximate surface area is 194 Å². The molecule has 1 aliphatic heterocycles. The number of aliphatic hydroxyl groups excluding tert-OH is 1. The van der Waals surface area contributed by atoms with Gasteiger partial charge < -0.3 is 29.4 Å². The maximum Gasteiger partial charge on any atom is 0.399 e. The molecule has 1 fully saturated rings. The van der Waals surface area contributed by atoms with Crippen LogP contribution >= 0.6 is 7.60 Å². The molecular weight excluding hydrogens is 477 g/mol. The summed E-state index contributed by atoms with van der Waals surface area (Å²) in [5.74, 6) is -1.26. The molecule has 11 nitrogen and oxygen atoms in total. The first-order valence-corrected chi connectivity index (χ1v) is 12.1. The van der Waals surface area contributed by atoms with Crippen LogP contribution in [0, 0.1) is 0 Å². The summed E-state index contributed by atoms with van der Waals surface area (Å²) in [5, 5.41) is 14.7. The molecule has 4 atom stereocenters. The Balaban J connectivity index is 1.87. The minimum atomic E-state index is -4.85. The number of benzene rings is 1. The van der Waals surface area contributed by atoms with Crippen LogP contribution in [0.3, 0.4) is 0 Å². The third kappa shape index (κ3) is 5.68. The van der Waals surface area contributed by atoms with Crippen LogP contribution in [0.2, 0.25) is 0 Å². The number of amides is 1. The van der Waals surface area contributed by atoms with E-state index < -0.39 is 50.1 Å². The normalized spacial score (nSPS) is 23.3. The molecule has 3 rings (SSSR count). The molecule has 1 aliphatic rings. The van der Waals surface area contributed by atoms with Crippen molar-refractivity contribution in [3.05, 3.63) is 48.0 Å². The van der Waals surface area contributed by atoms with E-state index >= 15 is 8.78 Å². The summed E-state index contributed by atoms with van der Waals surface area (Å²) in [4.78, 5) is 15.0. The van der Waals surface area contributed by atoms with Gasteiger partial charge in [-0.25, -0.2) is 9.67 Å². The molecule has 34 heavy (non-hydrogen) atoms. The maximum absolute atomic E-state index is 15.2. The second-order valence-electron chi connectivity index (χ2n) is 7.43. The van der Waals surface area contributed by atoms with Crippen LogP contribution < -0.4 is 5.73 Å². The summed E-state index contributed by atoms with van der Waals surface area (Å²) < 4.78 is 65.2. The van der Waals surface area contributed by atoms with E-state index in [2.05, 4.69) is 10.1 Å². The van der Waals surface area contributed by atoms with Gasteiger partial charge in [0.25, 0.3) is 5.91 Å². The Morgan fingerprint density at radius 2 is 1.91 bits per heavy atom. The number of hydrogen-bond donors (Lipinski definition) is 2. The molecule has 1 saturated heterocycles. The van der Waals surface area contributed by atoms with Gasteiger partial charge in [-0.3, -0.25) is 9.36 Å². The molecule has 0 radical (unpaired) electrons. The van der Waals surface area contributed by atoms with Crippen molar-refractivity contribution in [2.24, 2.45) is 5.73 Å². The molecule has 3 N–H and O–H groups in total. The van der Waals surface area contributed by atoms with Crippen molar-refractivity contribution in [3.63, 3.8) is 0 Å². The third-order valence-corrected chi connectivity index (χ3v) is 7.21. The smallest absolute Gasteiger partial charge is 0.386 e. The number of nitrogens with zero attached hydrogens (tertiary/aromatic N) is 3. The Morgan fingerprint density at radius 3 is 2.47 bits per heavy atom. The van der Waals surface area contributed by atoms with E-state index in [1.807, 2.05) is 0 Å². The molecule has 1 unspecified atom stereocenters. The van der Waals surface area contributed by atoms with Gasteiger partial charge in [-0.05, 0) is 19.4 Å². The van der Waals surface area contributed by atoms with Gasteiger partial charge in [0.15, 0.2) is 6.23 Å². The minimum Gasteiger partial charge on any atom is -0.386 e. The number of carbonyl (C=O) groups excluding carboxylic acids is 1. The lowest BCUT2D eigenvalue weighted by atomic mass is 10.1. The van der Waals surface area contributed by atoms with Crippen molar-refractivity contribution in [2.45, 2.75) is 57.1 Å². The zero-order chi connectivity index (χ0) is 24.9.